The topological polar surface area (TPSA) is 231 Å². The first-order chi connectivity index (χ1) is 17.8. The van der Waals surface area contributed by atoms with Crippen molar-refractivity contribution in [1.82, 2.24) is 26.6 Å². The summed E-state index contributed by atoms with van der Waals surface area (Å²) in [5, 5.41) is 24.8. The largest absolute Gasteiger partial charge is 0.389 e. The van der Waals surface area contributed by atoms with Crippen molar-refractivity contribution in [3.63, 3.8) is 0 Å². The van der Waals surface area contributed by atoms with E-state index in [0.717, 1.165) is 19.3 Å². The molecule has 2 saturated heterocycles. The predicted octanol–water partition coefficient (Wildman–Crippen LogP) is -3.55. The fourth-order valence-electron chi connectivity index (χ4n) is 4.73. The first-order valence-corrected chi connectivity index (χ1v) is 13.2. The second-order valence-corrected chi connectivity index (χ2v) is 10.0. The van der Waals surface area contributed by atoms with Crippen LogP contribution in [-0.4, -0.2) is 97.6 Å². The summed E-state index contributed by atoms with van der Waals surface area (Å²) in [6.45, 7) is 1.73. The van der Waals surface area contributed by atoms with Crippen molar-refractivity contribution in [1.29, 1.82) is 0 Å². The van der Waals surface area contributed by atoms with E-state index in [1.54, 1.807) is 0 Å². The molecular weight excluding hydrogens is 482 g/mol. The van der Waals surface area contributed by atoms with Gasteiger partial charge in [-0.15, -0.1) is 0 Å². The Morgan fingerprint density at radius 3 is 2.62 bits per heavy atom. The van der Waals surface area contributed by atoms with Gasteiger partial charge >= 0.3 is 0 Å². The van der Waals surface area contributed by atoms with Gasteiger partial charge < -0.3 is 53.6 Å². The van der Waals surface area contributed by atoms with E-state index >= 15 is 0 Å². The molecule has 0 spiro atoms. The number of carbonyl (C=O) groups is 3. The number of piperidine rings is 1. The summed E-state index contributed by atoms with van der Waals surface area (Å²) in [7, 11) is 0. The molecule has 7 atom stereocenters. The van der Waals surface area contributed by atoms with E-state index in [0.29, 0.717) is 44.9 Å². The molecule has 2 fully saturated rings. The van der Waals surface area contributed by atoms with Crippen molar-refractivity contribution in [2.75, 3.05) is 26.2 Å². The fourth-order valence-corrected chi connectivity index (χ4v) is 4.73. The maximum atomic E-state index is 12.6. The summed E-state index contributed by atoms with van der Waals surface area (Å²) >= 11 is 0. The minimum absolute atomic E-state index is 0.0950. The van der Waals surface area contributed by atoms with Gasteiger partial charge in [-0.3, -0.25) is 14.4 Å². The predicted molar refractivity (Wildman–Crippen MR) is 137 cm³/mol. The van der Waals surface area contributed by atoms with Gasteiger partial charge in [0.25, 0.3) is 0 Å². The highest BCUT2D eigenvalue weighted by molar-refractivity contribution is 5.92. The van der Waals surface area contributed by atoms with E-state index in [9.17, 15) is 19.5 Å². The van der Waals surface area contributed by atoms with Crippen LogP contribution in [0.3, 0.4) is 0 Å². The van der Waals surface area contributed by atoms with E-state index in [1.807, 2.05) is 0 Å². The Hall–Kier alpha value is -2.52. The van der Waals surface area contributed by atoms with Gasteiger partial charge in [0.15, 0.2) is 12.0 Å². The lowest BCUT2D eigenvalue weighted by Crippen LogP contribution is -2.61. The lowest BCUT2D eigenvalue weighted by atomic mass is 9.99. The molecule has 3 aliphatic rings. The monoisotopic (exact) mass is 525 g/mol. The van der Waals surface area contributed by atoms with Crippen molar-refractivity contribution in [3.05, 3.63) is 0 Å². The number of hydrogen-bond donors (Lipinski definition) is 9. The minimum Gasteiger partial charge on any atom is -0.389 e. The first-order valence-electron chi connectivity index (χ1n) is 13.2. The van der Waals surface area contributed by atoms with Gasteiger partial charge in [0.05, 0.1) is 18.2 Å². The number of aliphatic hydroxyl groups excluding tert-OH is 1. The van der Waals surface area contributed by atoms with Gasteiger partial charge in [-0.1, -0.05) is 0 Å². The van der Waals surface area contributed by atoms with Crippen LogP contribution < -0.4 is 43.8 Å². The van der Waals surface area contributed by atoms with E-state index in [1.165, 1.54) is 0 Å². The Morgan fingerprint density at radius 1 is 1.16 bits per heavy atom. The van der Waals surface area contributed by atoms with E-state index in [-0.39, 0.29) is 55.2 Å². The van der Waals surface area contributed by atoms with Gasteiger partial charge in [-0.2, -0.15) is 0 Å². The molecule has 37 heavy (non-hydrogen) atoms. The fraction of sp³-hybridized carbons (Fsp3) is 0.826. The number of aliphatic hydroxyl groups is 1. The molecule has 14 nitrogen and oxygen atoms in total. The van der Waals surface area contributed by atoms with Crippen LogP contribution in [0.4, 0.5) is 0 Å². The Balaban J connectivity index is 1.36. The highest BCUT2D eigenvalue weighted by atomic mass is 16.5. The Kier molecular flexibility index (Phi) is 11.3. The van der Waals surface area contributed by atoms with Gasteiger partial charge in [0, 0.05) is 44.6 Å². The molecule has 3 aliphatic heterocycles. The summed E-state index contributed by atoms with van der Waals surface area (Å²) in [5.41, 5.74) is 17.5. The summed E-state index contributed by atoms with van der Waals surface area (Å²) in [6, 6.07) is -2.05. The third-order valence-electron chi connectivity index (χ3n) is 6.78. The molecule has 0 saturated carbocycles. The molecule has 3 rings (SSSR count). The SMILES string of the molecule is NCCCC(N)CC(=O)NCCCC(N)CC(=O)NC1CCCOC1NC1=NC2C(=O)NCC(O)C2N1. The molecule has 3 heterocycles. The van der Waals surface area contributed by atoms with Gasteiger partial charge in [0.1, 0.15) is 6.23 Å². The number of β-amino-alcohol motifs (C(OH)–C–C–N with tert-alkyl or cyclic N) is 1. The van der Waals surface area contributed by atoms with E-state index in [2.05, 4.69) is 31.6 Å². The second kappa shape index (κ2) is 14.4. The third-order valence-corrected chi connectivity index (χ3v) is 6.78. The summed E-state index contributed by atoms with van der Waals surface area (Å²) < 4.78 is 5.82. The molecule has 0 bridgehead atoms. The first kappa shape index (κ1) is 29.0. The number of nitrogens with zero attached hydrogens (tertiary/aromatic N) is 1. The number of hydrogen-bond acceptors (Lipinski definition) is 11. The number of ether oxygens (including phenoxy) is 1. The Labute approximate surface area is 217 Å². The standard InChI is InChI=1S/C23H43N9O5/c24-7-1-4-13(25)10-17(34)27-8-2-5-14(26)11-18(35)29-15-6-3-9-37-22(15)32-23-30-19-16(33)12-28-21(36)20(19)31-23/h13-16,19-20,22,33H,1-12,24-26H2,(H,27,34)(H,28,36)(H,29,35)(H2,30,31,32). The summed E-state index contributed by atoms with van der Waals surface area (Å²) in [4.78, 5) is 41.0. The average Bonchev–Trinajstić information content (AvgIpc) is 3.29. The number of carbonyl (C=O) groups excluding carboxylic acids is 3. The quantitative estimate of drug-likeness (QED) is 0.107. The molecule has 7 unspecified atom stereocenters. The number of nitrogens with one attached hydrogen (secondary N) is 5. The molecular formula is C23H43N9O5. The smallest absolute Gasteiger partial charge is 0.247 e. The van der Waals surface area contributed by atoms with Gasteiger partial charge in [-0.05, 0) is 45.1 Å². The zero-order valence-corrected chi connectivity index (χ0v) is 21.3. The Morgan fingerprint density at radius 2 is 1.89 bits per heavy atom. The summed E-state index contributed by atoms with van der Waals surface area (Å²) in [6.07, 6.45) is 3.39. The van der Waals surface area contributed by atoms with Gasteiger partial charge in [-0.25, -0.2) is 4.99 Å². The number of fused-ring (bicyclic) bond motifs is 1. The van der Waals surface area contributed by atoms with E-state index in [4.69, 9.17) is 21.9 Å². The van der Waals surface area contributed by atoms with Crippen molar-refractivity contribution >= 4 is 23.7 Å². The van der Waals surface area contributed by atoms with Crippen LogP contribution in [0, 0.1) is 0 Å². The number of amides is 3. The van der Waals surface area contributed by atoms with Crippen LogP contribution in [0.5, 0.6) is 0 Å². The van der Waals surface area contributed by atoms with E-state index < -0.39 is 24.4 Å². The molecule has 12 N–H and O–H groups in total. The number of nitrogens with two attached hydrogens (primary N) is 3. The second-order valence-electron chi connectivity index (χ2n) is 10.0. The van der Waals surface area contributed by atoms with Gasteiger partial charge in [0.2, 0.25) is 17.7 Å². The molecule has 0 aromatic carbocycles. The zero-order valence-electron chi connectivity index (χ0n) is 21.3. The van der Waals surface area contributed by atoms with Crippen molar-refractivity contribution in [3.8, 4) is 0 Å². The molecule has 0 radical (unpaired) electrons. The Bertz CT molecular complexity index is 813. The van der Waals surface area contributed by atoms with Crippen LogP contribution in [0.1, 0.15) is 51.4 Å². The minimum atomic E-state index is -0.748. The van der Waals surface area contributed by atoms with Crippen LogP contribution >= 0.6 is 0 Å². The third kappa shape index (κ3) is 9.07. The highest BCUT2D eigenvalue weighted by Crippen LogP contribution is 2.17. The van der Waals surface area contributed by atoms with Crippen molar-refractivity contribution in [2.24, 2.45) is 22.2 Å². The van der Waals surface area contributed by atoms with Crippen LogP contribution in [0.25, 0.3) is 0 Å². The molecule has 0 aromatic rings. The van der Waals surface area contributed by atoms with Crippen molar-refractivity contribution in [2.45, 2.75) is 93.9 Å². The van der Waals surface area contributed by atoms with Crippen LogP contribution in [0.2, 0.25) is 0 Å². The number of rotatable bonds is 13. The van der Waals surface area contributed by atoms with Crippen LogP contribution in [0.15, 0.2) is 4.99 Å². The average molecular weight is 526 g/mol. The molecule has 0 aromatic heterocycles. The number of aliphatic imine (C=N–C) groups is 1. The highest BCUT2D eigenvalue weighted by Gasteiger charge is 2.43. The molecule has 14 heteroatoms. The lowest BCUT2D eigenvalue weighted by Gasteiger charge is -2.34. The summed E-state index contributed by atoms with van der Waals surface area (Å²) in [5.74, 6) is -0.165. The maximum Gasteiger partial charge on any atom is 0.247 e. The molecule has 3 amide bonds. The lowest BCUT2D eigenvalue weighted by molar-refractivity contribution is -0.126. The molecule has 210 valence electrons. The zero-order chi connectivity index (χ0) is 26.8. The van der Waals surface area contributed by atoms with Crippen LogP contribution in [-0.2, 0) is 19.1 Å². The molecule has 0 aliphatic carbocycles. The van der Waals surface area contributed by atoms with Crippen molar-refractivity contribution < 1.29 is 24.2 Å². The maximum absolute atomic E-state index is 12.6. The normalized spacial score (nSPS) is 28.7. The number of guanidine groups is 1.